The number of nitro benzene ring substituents is 1. The van der Waals surface area contributed by atoms with Crippen LogP contribution in [0, 0.1) is 10.1 Å². The fraction of sp³-hybridized carbons (Fsp3) is 0.600. The van der Waals surface area contributed by atoms with Gasteiger partial charge in [0, 0.05) is 50.5 Å². The SMILES string of the molecule is CCOC(=O)[C@@H]1CCCCN1C(=O)CN1CCN(c2ccc([N+](=O)[O-])cc2)CC1. The van der Waals surface area contributed by atoms with Gasteiger partial charge in [0.25, 0.3) is 5.69 Å². The normalized spacial score (nSPS) is 20.4. The van der Waals surface area contributed by atoms with Gasteiger partial charge in [-0.05, 0) is 38.3 Å². The Morgan fingerprint density at radius 3 is 2.41 bits per heavy atom. The highest BCUT2D eigenvalue weighted by Crippen LogP contribution is 2.22. The number of nitrogens with zero attached hydrogens (tertiary/aromatic N) is 4. The van der Waals surface area contributed by atoms with Crippen molar-refractivity contribution >= 4 is 23.3 Å². The Morgan fingerprint density at radius 1 is 1.10 bits per heavy atom. The zero-order chi connectivity index (χ0) is 20.8. The number of ether oxygens (including phenoxy) is 1. The van der Waals surface area contributed by atoms with Crippen molar-refractivity contribution in [1.29, 1.82) is 0 Å². The number of amides is 1. The molecule has 0 N–H and O–H groups in total. The van der Waals surface area contributed by atoms with E-state index in [9.17, 15) is 19.7 Å². The molecule has 2 aliphatic rings. The highest BCUT2D eigenvalue weighted by atomic mass is 16.6. The van der Waals surface area contributed by atoms with E-state index in [1.165, 1.54) is 12.1 Å². The second kappa shape index (κ2) is 9.69. The first-order valence-corrected chi connectivity index (χ1v) is 10.2. The third-order valence-corrected chi connectivity index (χ3v) is 5.54. The summed E-state index contributed by atoms with van der Waals surface area (Å²) >= 11 is 0. The fourth-order valence-electron chi connectivity index (χ4n) is 3.95. The van der Waals surface area contributed by atoms with Gasteiger partial charge in [0.15, 0.2) is 0 Å². The monoisotopic (exact) mass is 404 g/mol. The number of esters is 1. The third-order valence-electron chi connectivity index (χ3n) is 5.54. The van der Waals surface area contributed by atoms with Crippen LogP contribution in [0.2, 0.25) is 0 Å². The Kier molecular flexibility index (Phi) is 7.03. The summed E-state index contributed by atoms with van der Waals surface area (Å²) in [5.41, 5.74) is 1.02. The van der Waals surface area contributed by atoms with Crippen molar-refractivity contribution in [1.82, 2.24) is 9.80 Å². The quantitative estimate of drug-likeness (QED) is 0.404. The van der Waals surface area contributed by atoms with Gasteiger partial charge in [-0.15, -0.1) is 0 Å². The van der Waals surface area contributed by atoms with Crippen LogP contribution in [0.15, 0.2) is 24.3 Å². The number of rotatable bonds is 6. The lowest BCUT2D eigenvalue weighted by Gasteiger charge is -2.38. The van der Waals surface area contributed by atoms with Gasteiger partial charge in [-0.25, -0.2) is 4.79 Å². The number of non-ortho nitro benzene ring substituents is 1. The first-order chi connectivity index (χ1) is 14.0. The molecule has 0 spiro atoms. The summed E-state index contributed by atoms with van der Waals surface area (Å²) in [6.45, 7) is 5.93. The van der Waals surface area contributed by atoms with E-state index in [0.717, 1.165) is 44.7 Å². The highest BCUT2D eigenvalue weighted by molar-refractivity contribution is 5.85. The molecule has 158 valence electrons. The lowest BCUT2D eigenvalue weighted by molar-refractivity contribution is -0.384. The van der Waals surface area contributed by atoms with Crippen molar-refractivity contribution in [3.05, 3.63) is 34.4 Å². The molecule has 0 saturated carbocycles. The van der Waals surface area contributed by atoms with E-state index in [1.54, 1.807) is 24.0 Å². The molecule has 0 bridgehead atoms. The number of piperidine rings is 1. The van der Waals surface area contributed by atoms with Crippen LogP contribution >= 0.6 is 0 Å². The van der Waals surface area contributed by atoms with Crippen LogP contribution < -0.4 is 4.90 Å². The average Bonchev–Trinajstić information content (AvgIpc) is 2.74. The summed E-state index contributed by atoms with van der Waals surface area (Å²) in [6.07, 6.45) is 2.51. The first-order valence-electron chi connectivity index (χ1n) is 10.2. The minimum Gasteiger partial charge on any atom is -0.464 e. The number of carbonyl (C=O) groups excluding carboxylic acids is 2. The zero-order valence-electron chi connectivity index (χ0n) is 16.8. The Morgan fingerprint density at radius 2 is 1.79 bits per heavy atom. The largest absolute Gasteiger partial charge is 0.464 e. The van der Waals surface area contributed by atoms with Crippen LogP contribution in [0.5, 0.6) is 0 Å². The second-order valence-electron chi connectivity index (χ2n) is 7.39. The lowest BCUT2D eigenvalue weighted by atomic mass is 10.0. The van der Waals surface area contributed by atoms with Crippen LogP contribution in [0.25, 0.3) is 0 Å². The summed E-state index contributed by atoms with van der Waals surface area (Å²) < 4.78 is 5.14. The van der Waals surface area contributed by atoms with Crippen molar-refractivity contribution in [2.75, 3.05) is 50.8 Å². The summed E-state index contributed by atoms with van der Waals surface area (Å²) in [4.78, 5) is 41.4. The molecule has 1 aromatic carbocycles. The minimum atomic E-state index is -0.461. The molecule has 1 amide bonds. The van der Waals surface area contributed by atoms with E-state index >= 15 is 0 Å². The number of hydrogen-bond donors (Lipinski definition) is 0. The maximum Gasteiger partial charge on any atom is 0.328 e. The fourth-order valence-corrected chi connectivity index (χ4v) is 3.95. The number of piperazine rings is 1. The molecule has 9 nitrogen and oxygen atoms in total. The molecule has 0 radical (unpaired) electrons. The average molecular weight is 404 g/mol. The Hall–Kier alpha value is -2.68. The second-order valence-corrected chi connectivity index (χ2v) is 7.39. The summed E-state index contributed by atoms with van der Waals surface area (Å²) in [5.74, 6) is -0.324. The van der Waals surface area contributed by atoms with Crippen LogP contribution in [0.4, 0.5) is 11.4 Å². The van der Waals surface area contributed by atoms with E-state index in [-0.39, 0.29) is 17.6 Å². The smallest absolute Gasteiger partial charge is 0.328 e. The number of benzene rings is 1. The van der Waals surface area contributed by atoms with Crippen molar-refractivity contribution in [2.45, 2.75) is 32.2 Å². The van der Waals surface area contributed by atoms with Gasteiger partial charge < -0.3 is 14.5 Å². The number of carbonyl (C=O) groups is 2. The van der Waals surface area contributed by atoms with Crippen LogP contribution in [-0.4, -0.2) is 78.5 Å². The van der Waals surface area contributed by atoms with Crippen LogP contribution in [0.3, 0.4) is 0 Å². The topological polar surface area (TPSA) is 96.2 Å². The van der Waals surface area contributed by atoms with Crippen molar-refractivity contribution in [2.24, 2.45) is 0 Å². The molecule has 0 aromatic heterocycles. The molecule has 29 heavy (non-hydrogen) atoms. The van der Waals surface area contributed by atoms with E-state index in [2.05, 4.69) is 9.80 Å². The van der Waals surface area contributed by atoms with Gasteiger partial charge in [0.2, 0.25) is 5.91 Å². The summed E-state index contributed by atoms with van der Waals surface area (Å²) in [5, 5.41) is 10.8. The summed E-state index contributed by atoms with van der Waals surface area (Å²) in [6, 6.07) is 6.08. The maximum absolute atomic E-state index is 12.8. The molecule has 0 aliphatic carbocycles. The molecule has 0 unspecified atom stereocenters. The summed E-state index contributed by atoms with van der Waals surface area (Å²) in [7, 11) is 0. The predicted octanol–water partition coefficient (Wildman–Crippen LogP) is 1.66. The minimum absolute atomic E-state index is 0.0217. The molecular formula is C20H28N4O5. The van der Waals surface area contributed by atoms with Crippen molar-refractivity contribution in [3.63, 3.8) is 0 Å². The number of hydrogen-bond acceptors (Lipinski definition) is 7. The standard InChI is InChI=1S/C20H28N4O5/c1-2-29-20(26)18-5-3-4-10-23(18)19(25)15-21-11-13-22(14-12-21)16-6-8-17(9-7-16)24(27)28/h6-9,18H,2-5,10-15H2,1H3/t18-/m0/s1. The number of likely N-dealkylation sites (tertiary alicyclic amines) is 1. The zero-order valence-corrected chi connectivity index (χ0v) is 16.8. The van der Waals surface area contributed by atoms with Gasteiger partial charge >= 0.3 is 5.97 Å². The van der Waals surface area contributed by atoms with Crippen LogP contribution in [0.1, 0.15) is 26.2 Å². The molecule has 2 saturated heterocycles. The Balaban J connectivity index is 1.52. The molecule has 2 aliphatic heterocycles. The van der Waals surface area contributed by atoms with Gasteiger partial charge in [-0.1, -0.05) is 0 Å². The number of anilines is 1. The highest BCUT2D eigenvalue weighted by Gasteiger charge is 2.34. The maximum atomic E-state index is 12.8. The van der Waals surface area contributed by atoms with Gasteiger partial charge in [0.1, 0.15) is 6.04 Å². The van der Waals surface area contributed by atoms with Gasteiger partial charge in [0.05, 0.1) is 18.1 Å². The molecule has 2 heterocycles. The molecule has 1 atom stereocenters. The Labute approximate surface area is 170 Å². The number of nitro groups is 1. The molecule has 9 heteroatoms. The van der Waals surface area contributed by atoms with Crippen LogP contribution in [-0.2, 0) is 14.3 Å². The Bertz CT molecular complexity index is 731. The van der Waals surface area contributed by atoms with Crippen molar-refractivity contribution in [3.8, 4) is 0 Å². The molecule has 2 fully saturated rings. The third kappa shape index (κ3) is 5.23. The van der Waals surface area contributed by atoms with Gasteiger partial charge in [-0.2, -0.15) is 0 Å². The lowest BCUT2D eigenvalue weighted by Crippen LogP contribution is -2.54. The van der Waals surface area contributed by atoms with Crippen molar-refractivity contribution < 1.29 is 19.2 Å². The molecular weight excluding hydrogens is 376 g/mol. The molecule has 3 rings (SSSR count). The first kappa shape index (κ1) is 21.0. The molecule has 1 aromatic rings. The predicted molar refractivity (Wildman–Crippen MR) is 108 cm³/mol. The van der Waals surface area contributed by atoms with E-state index < -0.39 is 11.0 Å². The van der Waals surface area contributed by atoms with E-state index in [4.69, 9.17) is 4.74 Å². The van der Waals surface area contributed by atoms with Gasteiger partial charge in [-0.3, -0.25) is 19.8 Å². The van der Waals surface area contributed by atoms with E-state index in [0.29, 0.717) is 26.1 Å². The van der Waals surface area contributed by atoms with E-state index in [1.807, 2.05) is 0 Å².